The fraction of sp³-hybridized carbons (Fsp3) is 0.500. The highest BCUT2D eigenvalue weighted by Gasteiger charge is 2.37. The van der Waals surface area contributed by atoms with E-state index in [2.05, 4.69) is 6.92 Å². The van der Waals surface area contributed by atoms with Crippen LogP contribution in [0, 0.1) is 11.8 Å². The van der Waals surface area contributed by atoms with E-state index < -0.39 is 16.0 Å². The molecule has 0 aliphatic heterocycles. The van der Waals surface area contributed by atoms with Crippen molar-refractivity contribution in [3.63, 3.8) is 0 Å². The molecule has 1 saturated carbocycles. The molecule has 6 nitrogen and oxygen atoms in total. The predicted molar refractivity (Wildman–Crippen MR) is 77.0 cm³/mol. The Morgan fingerprint density at radius 2 is 2.10 bits per heavy atom. The maximum atomic E-state index is 12.6. The fourth-order valence-corrected chi connectivity index (χ4v) is 3.67. The van der Waals surface area contributed by atoms with Crippen molar-refractivity contribution in [2.75, 3.05) is 20.7 Å². The van der Waals surface area contributed by atoms with Gasteiger partial charge in [-0.25, -0.2) is 17.5 Å². The summed E-state index contributed by atoms with van der Waals surface area (Å²) in [6.07, 6.45) is 1.02. The topological polar surface area (TPSA) is 83.9 Å². The van der Waals surface area contributed by atoms with Gasteiger partial charge >= 0.3 is 5.97 Å². The van der Waals surface area contributed by atoms with Crippen molar-refractivity contribution in [1.29, 1.82) is 0 Å². The number of rotatable bonds is 6. The second-order valence-electron chi connectivity index (χ2n) is 5.43. The summed E-state index contributed by atoms with van der Waals surface area (Å²) < 4.78 is 31.5. The molecule has 1 aliphatic rings. The van der Waals surface area contributed by atoms with Gasteiger partial charge < -0.3 is 9.84 Å². The molecule has 0 aromatic heterocycles. The first-order valence-electron chi connectivity index (χ1n) is 6.65. The minimum Gasteiger partial charge on any atom is -0.495 e. The Labute approximate surface area is 124 Å². The van der Waals surface area contributed by atoms with Crippen LogP contribution in [-0.2, 0) is 10.0 Å². The lowest BCUT2D eigenvalue weighted by atomic mass is 10.2. The van der Waals surface area contributed by atoms with Crippen molar-refractivity contribution in [2.45, 2.75) is 18.2 Å². The molecule has 21 heavy (non-hydrogen) atoms. The van der Waals surface area contributed by atoms with E-state index in [4.69, 9.17) is 9.84 Å². The molecule has 1 fully saturated rings. The molecule has 0 radical (unpaired) electrons. The number of ether oxygens (including phenoxy) is 1. The first kappa shape index (κ1) is 15.8. The molecule has 1 aliphatic carbocycles. The van der Waals surface area contributed by atoms with Crippen molar-refractivity contribution >= 4 is 16.0 Å². The minimum atomic E-state index is -3.77. The van der Waals surface area contributed by atoms with Crippen molar-refractivity contribution in [3.05, 3.63) is 23.8 Å². The number of sulfonamides is 1. The summed E-state index contributed by atoms with van der Waals surface area (Å²) in [4.78, 5) is 10.9. The average Bonchev–Trinajstić information content (AvgIpc) is 3.13. The summed E-state index contributed by atoms with van der Waals surface area (Å²) in [7, 11) is -0.905. The number of nitrogens with zero attached hydrogens (tertiary/aromatic N) is 1. The average molecular weight is 313 g/mol. The Bertz CT molecular complexity index is 655. The van der Waals surface area contributed by atoms with Crippen LogP contribution in [0.15, 0.2) is 23.1 Å². The molecule has 1 aromatic rings. The molecule has 0 heterocycles. The van der Waals surface area contributed by atoms with Crippen LogP contribution in [0.25, 0.3) is 0 Å². The third kappa shape index (κ3) is 3.19. The van der Waals surface area contributed by atoms with Gasteiger partial charge in [0.15, 0.2) is 0 Å². The number of aromatic carboxylic acids is 1. The molecular formula is C14H19NO5S. The third-order valence-electron chi connectivity index (χ3n) is 3.87. The van der Waals surface area contributed by atoms with Gasteiger partial charge in [-0.15, -0.1) is 0 Å². The largest absolute Gasteiger partial charge is 0.495 e. The molecular weight excluding hydrogens is 294 g/mol. The molecule has 2 rings (SSSR count). The lowest BCUT2D eigenvalue weighted by molar-refractivity contribution is 0.0696. The van der Waals surface area contributed by atoms with E-state index in [0.29, 0.717) is 18.4 Å². The highest BCUT2D eigenvalue weighted by Crippen LogP contribution is 2.39. The molecule has 0 spiro atoms. The second-order valence-corrected chi connectivity index (χ2v) is 7.44. The van der Waals surface area contributed by atoms with Crippen molar-refractivity contribution in [1.82, 2.24) is 4.31 Å². The quantitative estimate of drug-likeness (QED) is 0.863. The molecule has 1 aromatic carbocycles. The maximum Gasteiger partial charge on any atom is 0.335 e. The number of hydrogen-bond donors (Lipinski definition) is 1. The lowest BCUT2D eigenvalue weighted by Crippen LogP contribution is -2.29. The van der Waals surface area contributed by atoms with Gasteiger partial charge in [0.1, 0.15) is 10.6 Å². The van der Waals surface area contributed by atoms with Crippen LogP contribution in [-0.4, -0.2) is 44.5 Å². The van der Waals surface area contributed by atoms with E-state index in [1.54, 1.807) is 0 Å². The molecule has 2 atom stereocenters. The van der Waals surface area contributed by atoms with E-state index >= 15 is 0 Å². The van der Waals surface area contributed by atoms with E-state index in [9.17, 15) is 13.2 Å². The third-order valence-corrected chi connectivity index (χ3v) is 5.71. The van der Waals surface area contributed by atoms with Gasteiger partial charge in [-0.2, -0.15) is 0 Å². The summed E-state index contributed by atoms with van der Waals surface area (Å²) in [5.41, 5.74) is -0.0810. The predicted octanol–water partition coefficient (Wildman–Crippen LogP) is 1.67. The summed E-state index contributed by atoms with van der Waals surface area (Å²) in [6.45, 7) is 2.51. The highest BCUT2D eigenvalue weighted by molar-refractivity contribution is 7.89. The van der Waals surface area contributed by atoms with Crippen LogP contribution in [0.3, 0.4) is 0 Å². The molecule has 2 unspecified atom stereocenters. The van der Waals surface area contributed by atoms with Crippen molar-refractivity contribution in [2.24, 2.45) is 11.8 Å². The zero-order valence-electron chi connectivity index (χ0n) is 12.2. The minimum absolute atomic E-state index is 0.0810. The molecule has 1 N–H and O–H groups in total. The smallest absolute Gasteiger partial charge is 0.335 e. The van der Waals surface area contributed by atoms with E-state index in [-0.39, 0.29) is 16.2 Å². The zero-order valence-corrected chi connectivity index (χ0v) is 13.1. The Morgan fingerprint density at radius 3 is 2.57 bits per heavy atom. The summed E-state index contributed by atoms with van der Waals surface area (Å²) in [5.74, 6) is -0.114. The Hall–Kier alpha value is -1.60. The van der Waals surface area contributed by atoms with Crippen LogP contribution in [0.2, 0.25) is 0 Å². The fourth-order valence-electron chi connectivity index (χ4n) is 2.26. The monoisotopic (exact) mass is 313 g/mol. The molecule has 0 amide bonds. The molecule has 7 heteroatoms. The summed E-state index contributed by atoms with van der Waals surface area (Å²) in [6, 6.07) is 3.83. The Kier molecular flexibility index (Phi) is 4.25. The standard InChI is InChI=1S/C14H19NO5S/c1-9-6-11(9)8-15(2)21(18,19)13-7-10(14(16)17)4-5-12(13)20-3/h4-5,7,9,11H,6,8H2,1-3H3,(H,16,17). The van der Waals surface area contributed by atoms with Crippen LogP contribution < -0.4 is 4.74 Å². The SMILES string of the molecule is COc1ccc(C(=O)O)cc1S(=O)(=O)N(C)CC1CC1C. The van der Waals surface area contributed by atoms with Gasteiger partial charge in [-0.1, -0.05) is 6.92 Å². The first-order valence-corrected chi connectivity index (χ1v) is 8.09. The highest BCUT2D eigenvalue weighted by atomic mass is 32.2. The van der Waals surface area contributed by atoms with Gasteiger partial charge in [-0.05, 0) is 36.5 Å². The van der Waals surface area contributed by atoms with Gasteiger partial charge in [0.05, 0.1) is 12.7 Å². The van der Waals surface area contributed by atoms with E-state index in [1.807, 2.05) is 0 Å². The lowest BCUT2D eigenvalue weighted by Gasteiger charge is -2.19. The number of hydrogen-bond acceptors (Lipinski definition) is 4. The maximum absolute atomic E-state index is 12.6. The molecule has 116 valence electrons. The number of carbonyl (C=O) groups is 1. The van der Waals surface area contributed by atoms with Crippen LogP contribution in [0.4, 0.5) is 0 Å². The first-order chi connectivity index (χ1) is 9.77. The summed E-state index contributed by atoms with van der Waals surface area (Å²) in [5, 5.41) is 9.02. The Morgan fingerprint density at radius 1 is 1.48 bits per heavy atom. The molecule has 0 bridgehead atoms. The van der Waals surface area contributed by atoms with Gasteiger partial charge in [-0.3, -0.25) is 0 Å². The van der Waals surface area contributed by atoms with Crippen LogP contribution in [0.5, 0.6) is 5.75 Å². The van der Waals surface area contributed by atoms with Crippen molar-refractivity contribution < 1.29 is 23.1 Å². The van der Waals surface area contributed by atoms with Gasteiger partial charge in [0.2, 0.25) is 10.0 Å². The zero-order chi connectivity index (χ0) is 15.8. The van der Waals surface area contributed by atoms with Crippen molar-refractivity contribution in [3.8, 4) is 5.75 Å². The van der Waals surface area contributed by atoms with E-state index in [1.165, 1.54) is 30.6 Å². The van der Waals surface area contributed by atoms with E-state index in [0.717, 1.165) is 12.5 Å². The number of methoxy groups -OCH3 is 1. The Balaban J connectivity index is 2.37. The number of carboxylic acid groups (broad SMARTS) is 1. The second kappa shape index (κ2) is 5.65. The molecule has 0 saturated heterocycles. The van der Waals surface area contributed by atoms with Gasteiger partial charge in [0, 0.05) is 13.6 Å². The van der Waals surface area contributed by atoms with Crippen LogP contribution >= 0.6 is 0 Å². The number of carboxylic acids is 1. The summed E-state index contributed by atoms with van der Waals surface area (Å²) >= 11 is 0. The number of benzene rings is 1. The van der Waals surface area contributed by atoms with Gasteiger partial charge in [0.25, 0.3) is 0 Å². The van der Waals surface area contributed by atoms with Crippen LogP contribution in [0.1, 0.15) is 23.7 Å². The normalized spacial score (nSPS) is 21.3.